The van der Waals surface area contributed by atoms with Crippen LogP contribution in [0, 0.1) is 11.3 Å². The Labute approximate surface area is 208 Å². The Kier molecular flexibility index (Phi) is 7.61. The van der Waals surface area contributed by atoms with E-state index >= 15 is 0 Å². The number of ether oxygens (including phenoxy) is 1. The van der Waals surface area contributed by atoms with Crippen molar-refractivity contribution in [2.45, 2.75) is 32.1 Å². The van der Waals surface area contributed by atoms with Crippen LogP contribution in [0.2, 0.25) is 5.02 Å². The third-order valence-corrected chi connectivity index (χ3v) is 6.93. The van der Waals surface area contributed by atoms with Gasteiger partial charge < -0.3 is 15.4 Å². The number of thioether (sulfide) groups is 1. The lowest BCUT2D eigenvalue weighted by Gasteiger charge is -2.33. The zero-order chi connectivity index (χ0) is 24.1. The summed E-state index contributed by atoms with van der Waals surface area (Å²) in [5.74, 6) is 0.249. The zero-order valence-electron chi connectivity index (χ0n) is 18.7. The molecule has 0 aromatic heterocycles. The van der Waals surface area contributed by atoms with Gasteiger partial charge in [0.1, 0.15) is 5.75 Å². The second-order valence-electron chi connectivity index (χ2n) is 7.93. The van der Waals surface area contributed by atoms with Crippen LogP contribution in [0.1, 0.15) is 37.7 Å². The van der Waals surface area contributed by atoms with Crippen LogP contribution in [0.4, 0.5) is 5.69 Å². The summed E-state index contributed by atoms with van der Waals surface area (Å²) < 4.78 is 5.42. The van der Waals surface area contributed by atoms with Crippen LogP contribution < -0.4 is 15.4 Å². The first kappa shape index (κ1) is 23.9. The number of dihydropyridines is 1. The monoisotopic (exact) mass is 493 g/mol. The van der Waals surface area contributed by atoms with Crippen LogP contribution in [0.5, 0.6) is 5.75 Å². The van der Waals surface area contributed by atoms with Crippen molar-refractivity contribution in [3.8, 4) is 11.8 Å². The van der Waals surface area contributed by atoms with E-state index in [4.69, 9.17) is 16.3 Å². The zero-order valence-corrected chi connectivity index (χ0v) is 20.3. The number of halogens is 1. The molecule has 1 amide bonds. The lowest BCUT2D eigenvalue weighted by atomic mass is 9.77. The van der Waals surface area contributed by atoms with Crippen molar-refractivity contribution in [3.05, 3.63) is 81.0 Å². The molecule has 0 bridgehead atoms. The van der Waals surface area contributed by atoms with E-state index in [1.165, 1.54) is 11.8 Å². The molecule has 2 aliphatic rings. The maximum absolute atomic E-state index is 12.8. The van der Waals surface area contributed by atoms with Crippen LogP contribution >= 0.6 is 23.4 Å². The predicted octanol–water partition coefficient (Wildman–Crippen LogP) is 5.54. The van der Waals surface area contributed by atoms with Crippen LogP contribution in [-0.4, -0.2) is 24.1 Å². The van der Waals surface area contributed by atoms with Crippen LogP contribution in [0.3, 0.4) is 0 Å². The van der Waals surface area contributed by atoms with Crippen molar-refractivity contribution in [1.29, 1.82) is 5.26 Å². The Morgan fingerprint density at radius 2 is 1.94 bits per heavy atom. The third kappa shape index (κ3) is 5.30. The molecule has 34 heavy (non-hydrogen) atoms. The number of nitriles is 1. The molecule has 0 saturated carbocycles. The average molecular weight is 494 g/mol. The highest BCUT2D eigenvalue weighted by Gasteiger charge is 2.37. The van der Waals surface area contributed by atoms with Gasteiger partial charge in [0.15, 0.2) is 5.78 Å². The number of benzene rings is 2. The molecule has 0 radical (unpaired) electrons. The molecule has 1 atom stereocenters. The summed E-state index contributed by atoms with van der Waals surface area (Å²) in [6, 6.07) is 16.7. The molecular weight excluding hydrogens is 470 g/mol. The maximum atomic E-state index is 12.8. The van der Waals surface area contributed by atoms with Crippen molar-refractivity contribution in [2.24, 2.45) is 0 Å². The molecule has 1 aliphatic heterocycles. The van der Waals surface area contributed by atoms with Crippen molar-refractivity contribution in [1.82, 2.24) is 5.32 Å². The van der Waals surface area contributed by atoms with Gasteiger partial charge in [-0.25, -0.2) is 0 Å². The summed E-state index contributed by atoms with van der Waals surface area (Å²) in [6.45, 7) is 2.49. The van der Waals surface area contributed by atoms with E-state index in [1.807, 2.05) is 19.1 Å². The summed E-state index contributed by atoms with van der Waals surface area (Å²) in [7, 11) is 0. The van der Waals surface area contributed by atoms with Gasteiger partial charge >= 0.3 is 0 Å². The minimum Gasteiger partial charge on any atom is -0.494 e. The summed E-state index contributed by atoms with van der Waals surface area (Å²) in [4.78, 5) is 25.5. The largest absolute Gasteiger partial charge is 0.494 e. The van der Waals surface area contributed by atoms with Crippen LogP contribution in [0.25, 0.3) is 0 Å². The molecule has 8 heteroatoms. The fraction of sp³-hybridized carbons (Fsp3) is 0.269. The number of rotatable bonds is 7. The molecule has 0 fully saturated rings. The molecule has 174 valence electrons. The summed E-state index contributed by atoms with van der Waals surface area (Å²) in [5.41, 5.74) is 3.43. The topological polar surface area (TPSA) is 91.2 Å². The summed E-state index contributed by atoms with van der Waals surface area (Å²) in [6.07, 6.45) is 1.96. The Bertz CT molecular complexity index is 1200. The lowest BCUT2D eigenvalue weighted by molar-refractivity contribution is -0.116. The minimum atomic E-state index is -0.469. The van der Waals surface area contributed by atoms with E-state index < -0.39 is 5.92 Å². The molecule has 1 heterocycles. The van der Waals surface area contributed by atoms with Gasteiger partial charge in [-0.2, -0.15) is 5.26 Å². The Morgan fingerprint density at radius 1 is 1.21 bits per heavy atom. The quantitative estimate of drug-likeness (QED) is 0.526. The molecular formula is C26H24ClN3O3S. The van der Waals surface area contributed by atoms with E-state index in [0.717, 1.165) is 29.9 Å². The summed E-state index contributed by atoms with van der Waals surface area (Å²) >= 11 is 7.33. The number of Topliss-reactive ketones (excluding diaryl/α,β-unsaturated/α-hetero) is 1. The predicted molar refractivity (Wildman–Crippen MR) is 135 cm³/mol. The van der Waals surface area contributed by atoms with E-state index in [2.05, 4.69) is 16.7 Å². The van der Waals surface area contributed by atoms with E-state index in [-0.39, 0.29) is 17.4 Å². The van der Waals surface area contributed by atoms with Crippen molar-refractivity contribution < 1.29 is 14.3 Å². The van der Waals surface area contributed by atoms with E-state index in [1.54, 1.807) is 36.4 Å². The number of anilines is 1. The highest BCUT2D eigenvalue weighted by atomic mass is 35.5. The molecule has 2 aromatic carbocycles. The number of ketones is 1. The van der Waals surface area contributed by atoms with Gasteiger partial charge in [-0.3, -0.25) is 9.59 Å². The number of hydrogen-bond acceptors (Lipinski definition) is 6. The number of carbonyl (C=O) groups is 2. The smallest absolute Gasteiger partial charge is 0.234 e. The van der Waals surface area contributed by atoms with Gasteiger partial charge in [0.25, 0.3) is 0 Å². The first-order valence-corrected chi connectivity index (χ1v) is 12.4. The molecule has 0 saturated heterocycles. The second kappa shape index (κ2) is 10.8. The van der Waals surface area contributed by atoms with Crippen LogP contribution in [-0.2, 0) is 9.59 Å². The van der Waals surface area contributed by atoms with Gasteiger partial charge in [0.05, 0.1) is 34.9 Å². The number of nitrogens with one attached hydrogen (secondary N) is 2. The van der Waals surface area contributed by atoms with E-state index in [0.29, 0.717) is 39.9 Å². The first-order chi connectivity index (χ1) is 16.5. The standard InChI is InChI=1S/C26H24ClN3O3S/c1-2-33-19-12-10-18(11-13-19)29-23(32)15-34-26-20(14-28)24(16-6-8-17(27)9-7-16)25-21(30-26)4-3-5-22(25)31/h6-13,24,30H,2-5,15H2,1H3,(H,29,32). The number of amides is 1. The minimum absolute atomic E-state index is 0.0544. The first-order valence-electron chi connectivity index (χ1n) is 11.1. The van der Waals surface area contributed by atoms with Crippen molar-refractivity contribution >= 4 is 40.7 Å². The number of nitrogens with zero attached hydrogens (tertiary/aromatic N) is 1. The van der Waals surface area contributed by atoms with Gasteiger partial charge in [0.2, 0.25) is 5.91 Å². The molecule has 2 aromatic rings. The molecule has 4 rings (SSSR count). The van der Waals surface area contributed by atoms with E-state index in [9.17, 15) is 14.9 Å². The lowest BCUT2D eigenvalue weighted by Crippen LogP contribution is -2.31. The van der Waals surface area contributed by atoms with Gasteiger partial charge in [-0.15, -0.1) is 0 Å². The fourth-order valence-corrected chi connectivity index (χ4v) is 5.15. The van der Waals surface area contributed by atoms with Gasteiger partial charge in [-0.05, 0) is 61.7 Å². The SMILES string of the molecule is CCOc1ccc(NC(=O)CSC2=C(C#N)C(c3ccc(Cl)cc3)C3=C(CCCC3=O)N2)cc1. The van der Waals surface area contributed by atoms with Crippen molar-refractivity contribution in [2.75, 3.05) is 17.7 Å². The Hall–Kier alpha value is -3.21. The van der Waals surface area contributed by atoms with Crippen LogP contribution in [0.15, 0.2) is 70.4 Å². The Balaban J connectivity index is 1.54. The molecule has 1 aliphatic carbocycles. The molecule has 0 spiro atoms. The normalized spacial score (nSPS) is 17.6. The second-order valence-corrected chi connectivity index (χ2v) is 9.35. The fourth-order valence-electron chi connectivity index (χ4n) is 4.16. The molecule has 1 unspecified atom stereocenters. The highest BCUT2D eigenvalue weighted by Crippen LogP contribution is 2.44. The summed E-state index contributed by atoms with van der Waals surface area (Å²) in [5, 5.41) is 17.4. The van der Waals surface area contributed by atoms with Gasteiger partial charge in [-0.1, -0.05) is 35.5 Å². The number of carbonyl (C=O) groups excluding carboxylic acids is 2. The molecule has 2 N–H and O–H groups in total. The Morgan fingerprint density at radius 3 is 2.62 bits per heavy atom. The number of allylic oxidation sites excluding steroid dienone is 3. The maximum Gasteiger partial charge on any atom is 0.234 e. The highest BCUT2D eigenvalue weighted by molar-refractivity contribution is 8.03. The number of hydrogen-bond donors (Lipinski definition) is 2. The molecule has 6 nitrogen and oxygen atoms in total. The van der Waals surface area contributed by atoms with Gasteiger partial charge in [0, 0.05) is 28.4 Å². The average Bonchev–Trinajstić information content (AvgIpc) is 2.84. The third-order valence-electron chi connectivity index (χ3n) is 5.66. The van der Waals surface area contributed by atoms with Crippen molar-refractivity contribution in [3.63, 3.8) is 0 Å².